The van der Waals surface area contributed by atoms with E-state index in [1.165, 1.54) is 0 Å². The van der Waals surface area contributed by atoms with E-state index in [9.17, 15) is 0 Å². The Morgan fingerprint density at radius 3 is 2.95 bits per heavy atom. The molecule has 5 heteroatoms. The molecule has 0 amide bonds. The van der Waals surface area contributed by atoms with E-state index >= 15 is 0 Å². The third-order valence-electron chi connectivity index (χ3n) is 2.38. The highest BCUT2D eigenvalue weighted by Crippen LogP contribution is 2.14. The minimum absolute atomic E-state index is 0.380. The van der Waals surface area contributed by atoms with Crippen LogP contribution in [-0.2, 0) is 11.3 Å². The van der Waals surface area contributed by atoms with Gasteiger partial charge in [-0.1, -0.05) is 13.0 Å². The number of methoxy groups -OCH3 is 1. The molecule has 1 rings (SSSR count). The number of nitrogens with one attached hydrogen (secondary N) is 1. The second-order valence-corrected chi connectivity index (χ2v) is 4.15. The molecule has 1 heterocycles. The second kappa shape index (κ2) is 9.33. The lowest BCUT2D eigenvalue weighted by Crippen LogP contribution is -2.08. The lowest BCUT2D eigenvalue weighted by Gasteiger charge is -2.10. The van der Waals surface area contributed by atoms with Crippen LogP contribution in [0.5, 0.6) is 5.88 Å². The van der Waals surface area contributed by atoms with Gasteiger partial charge in [0.25, 0.3) is 0 Å². The first kappa shape index (κ1) is 15.4. The Morgan fingerprint density at radius 1 is 1.42 bits per heavy atom. The van der Waals surface area contributed by atoms with Gasteiger partial charge in [0, 0.05) is 19.7 Å². The van der Waals surface area contributed by atoms with Crippen molar-refractivity contribution >= 4 is 5.82 Å². The van der Waals surface area contributed by atoms with Crippen molar-refractivity contribution in [1.29, 1.82) is 0 Å². The molecule has 0 saturated heterocycles. The Morgan fingerprint density at radius 2 is 2.26 bits per heavy atom. The summed E-state index contributed by atoms with van der Waals surface area (Å²) < 4.78 is 10.7. The molecule has 0 spiro atoms. The maximum absolute atomic E-state index is 5.62. The van der Waals surface area contributed by atoms with E-state index in [4.69, 9.17) is 9.47 Å². The zero-order valence-corrected chi connectivity index (χ0v) is 11.8. The van der Waals surface area contributed by atoms with E-state index in [1.54, 1.807) is 7.11 Å². The van der Waals surface area contributed by atoms with Gasteiger partial charge in [-0.3, -0.25) is 0 Å². The van der Waals surface area contributed by atoms with Gasteiger partial charge in [-0.15, -0.1) is 6.58 Å². The summed E-state index contributed by atoms with van der Waals surface area (Å²) >= 11 is 0. The third kappa shape index (κ3) is 6.20. The van der Waals surface area contributed by atoms with Gasteiger partial charge in [-0.25, -0.2) is 4.98 Å². The van der Waals surface area contributed by atoms with Crippen molar-refractivity contribution in [2.75, 3.05) is 25.6 Å². The van der Waals surface area contributed by atoms with Crippen molar-refractivity contribution in [1.82, 2.24) is 9.97 Å². The number of rotatable bonds is 10. The van der Waals surface area contributed by atoms with Crippen molar-refractivity contribution < 1.29 is 9.47 Å². The van der Waals surface area contributed by atoms with Gasteiger partial charge < -0.3 is 14.8 Å². The molecule has 0 aliphatic rings. The Balaban J connectivity index is 2.65. The Hall–Kier alpha value is -1.62. The molecule has 1 aromatic heterocycles. The smallest absolute Gasteiger partial charge is 0.218 e. The minimum atomic E-state index is 0.380. The predicted octanol–water partition coefficient (Wildman–Crippen LogP) is 2.79. The summed E-state index contributed by atoms with van der Waals surface area (Å²) in [6, 6.07) is 1.82. The molecule has 0 aromatic carbocycles. The van der Waals surface area contributed by atoms with Gasteiger partial charge >= 0.3 is 0 Å². The van der Waals surface area contributed by atoms with E-state index in [0.29, 0.717) is 24.9 Å². The SMILES string of the molecule is C=CCCCOc1cc(NCCC)nc(COC)n1. The number of hydrogen-bond acceptors (Lipinski definition) is 5. The fraction of sp³-hybridized carbons (Fsp3) is 0.571. The maximum Gasteiger partial charge on any atom is 0.218 e. The first-order valence-corrected chi connectivity index (χ1v) is 6.64. The molecule has 0 aliphatic heterocycles. The fourth-order valence-corrected chi connectivity index (χ4v) is 1.49. The number of anilines is 1. The minimum Gasteiger partial charge on any atom is -0.478 e. The molecular weight excluding hydrogens is 242 g/mol. The largest absolute Gasteiger partial charge is 0.478 e. The Labute approximate surface area is 115 Å². The van der Waals surface area contributed by atoms with E-state index in [-0.39, 0.29) is 0 Å². The van der Waals surface area contributed by atoms with Crippen molar-refractivity contribution in [3.63, 3.8) is 0 Å². The summed E-state index contributed by atoms with van der Waals surface area (Å²) in [7, 11) is 1.63. The third-order valence-corrected chi connectivity index (χ3v) is 2.38. The van der Waals surface area contributed by atoms with Crippen LogP contribution in [-0.4, -0.2) is 30.2 Å². The number of nitrogens with zero attached hydrogens (tertiary/aromatic N) is 2. The highest BCUT2D eigenvalue weighted by Gasteiger charge is 2.05. The Bertz CT molecular complexity index is 383. The average molecular weight is 265 g/mol. The van der Waals surface area contributed by atoms with Gasteiger partial charge in [-0.05, 0) is 19.3 Å². The van der Waals surface area contributed by atoms with Crippen LogP contribution in [0.4, 0.5) is 5.82 Å². The maximum atomic E-state index is 5.62. The highest BCUT2D eigenvalue weighted by atomic mass is 16.5. The lowest BCUT2D eigenvalue weighted by molar-refractivity contribution is 0.176. The number of unbranched alkanes of at least 4 members (excludes halogenated alkanes) is 1. The van der Waals surface area contributed by atoms with Crippen molar-refractivity contribution in [3.8, 4) is 5.88 Å². The topological polar surface area (TPSA) is 56.3 Å². The number of ether oxygens (including phenoxy) is 2. The summed E-state index contributed by atoms with van der Waals surface area (Å²) in [5.74, 6) is 2.00. The average Bonchev–Trinajstić information content (AvgIpc) is 2.42. The van der Waals surface area contributed by atoms with Gasteiger partial charge in [-0.2, -0.15) is 4.98 Å². The lowest BCUT2D eigenvalue weighted by atomic mass is 10.3. The molecule has 0 saturated carbocycles. The van der Waals surface area contributed by atoms with E-state index in [0.717, 1.165) is 31.6 Å². The van der Waals surface area contributed by atoms with Crippen molar-refractivity contribution in [2.45, 2.75) is 32.8 Å². The van der Waals surface area contributed by atoms with Crippen LogP contribution in [0.25, 0.3) is 0 Å². The molecule has 0 bridgehead atoms. The molecule has 0 atom stereocenters. The monoisotopic (exact) mass is 265 g/mol. The number of aromatic nitrogens is 2. The van der Waals surface area contributed by atoms with Crippen LogP contribution >= 0.6 is 0 Å². The van der Waals surface area contributed by atoms with Crippen molar-refractivity contribution in [3.05, 3.63) is 24.5 Å². The van der Waals surface area contributed by atoms with Crippen LogP contribution in [0, 0.1) is 0 Å². The number of hydrogen-bond donors (Lipinski definition) is 1. The predicted molar refractivity (Wildman–Crippen MR) is 76.5 cm³/mol. The quantitative estimate of drug-likeness (QED) is 0.521. The summed E-state index contributed by atoms with van der Waals surface area (Å²) in [4.78, 5) is 8.67. The molecular formula is C14H23N3O2. The fourth-order valence-electron chi connectivity index (χ4n) is 1.49. The van der Waals surface area contributed by atoms with Gasteiger partial charge in [0.05, 0.1) is 6.61 Å². The molecule has 19 heavy (non-hydrogen) atoms. The van der Waals surface area contributed by atoms with Crippen LogP contribution in [0.15, 0.2) is 18.7 Å². The first-order chi connectivity index (χ1) is 9.30. The van der Waals surface area contributed by atoms with Crippen LogP contribution in [0.2, 0.25) is 0 Å². The van der Waals surface area contributed by atoms with Crippen LogP contribution in [0.3, 0.4) is 0 Å². The highest BCUT2D eigenvalue weighted by molar-refractivity contribution is 5.38. The van der Waals surface area contributed by atoms with E-state index < -0.39 is 0 Å². The zero-order chi connectivity index (χ0) is 13.9. The van der Waals surface area contributed by atoms with Crippen LogP contribution in [0.1, 0.15) is 32.0 Å². The Kier molecular flexibility index (Phi) is 7.58. The summed E-state index contributed by atoms with van der Waals surface area (Å²) in [5.41, 5.74) is 0. The van der Waals surface area contributed by atoms with Crippen molar-refractivity contribution in [2.24, 2.45) is 0 Å². The van der Waals surface area contributed by atoms with Gasteiger partial charge in [0.2, 0.25) is 5.88 Å². The molecule has 106 valence electrons. The second-order valence-electron chi connectivity index (χ2n) is 4.15. The summed E-state index contributed by atoms with van der Waals surface area (Å²) in [6.07, 6.45) is 4.80. The van der Waals surface area contributed by atoms with Gasteiger partial charge in [0.1, 0.15) is 12.4 Å². The van der Waals surface area contributed by atoms with Crippen LogP contribution < -0.4 is 10.1 Å². The number of allylic oxidation sites excluding steroid dienone is 1. The summed E-state index contributed by atoms with van der Waals surface area (Å²) in [6.45, 7) is 7.67. The molecule has 1 N–H and O–H groups in total. The normalized spacial score (nSPS) is 10.2. The summed E-state index contributed by atoms with van der Waals surface area (Å²) in [5, 5.41) is 3.23. The standard InChI is InChI=1S/C14H23N3O2/c1-4-6-7-9-19-14-10-12(15-8-5-2)16-13(17-14)11-18-3/h4,10H,1,5-9,11H2,2-3H3,(H,15,16,17). The molecule has 0 radical (unpaired) electrons. The molecule has 0 aliphatic carbocycles. The molecule has 5 nitrogen and oxygen atoms in total. The van der Waals surface area contributed by atoms with E-state index in [1.807, 2.05) is 12.1 Å². The zero-order valence-electron chi connectivity index (χ0n) is 11.8. The van der Waals surface area contributed by atoms with E-state index in [2.05, 4.69) is 28.8 Å². The molecule has 0 fully saturated rings. The molecule has 1 aromatic rings. The van der Waals surface area contributed by atoms with Gasteiger partial charge in [0.15, 0.2) is 5.82 Å². The molecule has 0 unspecified atom stereocenters. The first-order valence-electron chi connectivity index (χ1n) is 6.64.